The van der Waals surface area contributed by atoms with Crippen molar-refractivity contribution in [3.8, 4) is 0 Å². The number of carbonyl (C=O) groups is 2. The lowest BCUT2D eigenvalue weighted by Crippen LogP contribution is -2.42. The van der Waals surface area contributed by atoms with Gasteiger partial charge in [-0.15, -0.1) is 0 Å². The number of likely N-dealkylation sites (tertiary alicyclic amines) is 1. The molecule has 4 heteroatoms. The third-order valence-corrected chi connectivity index (χ3v) is 4.12. The molecule has 1 atom stereocenters. The largest absolute Gasteiger partial charge is 0.391 e. The summed E-state index contributed by atoms with van der Waals surface area (Å²) in [7, 11) is 0. The minimum atomic E-state index is -0.482. The molecule has 0 aromatic heterocycles. The van der Waals surface area contributed by atoms with Crippen molar-refractivity contribution in [3.05, 3.63) is 71.3 Å². The van der Waals surface area contributed by atoms with Crippen LogP contribution in [0.3, 0.4) is 0 Å². The van der Waals surface area contributed by atoms with Gasteiger partial charge in [0.2, 0.25) is 0 Å². The number of benzene rings is 2. The molecule has 0 bridgehead atoms. The topological polar surface area (TPSA) is 57.6 Å². The molecule has 1 amide bonds. The average Bonchev–Trinajstić information content (AvgIpc) is 2.61. The lowest BCUT2D eigenvalue weighted by molar-refractivity contribution is 0.0472. The van der Waals surface area contributed by atoms with Crippen molar-refractivity contribution in [1.82, 2.24) is 4.90 Å². The number of aliphatic hydroxyl groups excluding tert-OH is 1. The van der Waals surface area contributed by atoms with Crippen LogP contribution in [0.1, 0.15) is 39.1 Å². The number of aliphatic hydroxyl groups is 1. The van der Waals surface area contributed by atoms with E-state index in [0.717, 1.165) is 6.42 Å². The summed E-state index contributed by atoms with van der Waals surface area (Å²) >= 11 is 0. The SMILES string of the molecule is O=C(c1ccccc1)c1ccccc1C(=O)N1CCCC(O)C1. The van der Waals surface area contributed by atoms with Crippen LogP contribution in [0, 0.1) is 0 Å². The fraction of sp³-hybridized carbons (Fsp3) is 0.263. The highest BCUT2D eigenvalue weighted by Crippen LogP contribution is 2.19. The zero-order chi connectivity index (χ0) is 16.2. The number of ketones is 1. The van der Waals surface area contributed by atoms with Crippen LogP contribution in [0.2, 0.25) is 0 Å². The lowest BCUT2D eigenvalue weighted by atomic mass is 9.97. The molecule has 0 spiro atoms. The van der Waals surface area contributed by atoms with Crippen LogP contribution in [0.4, 0.5) is 0 Å². The van der Waals surface area contributed by atoms with Crippen molar-refractivity contribution in [1.29, 1.82) is 0 Å². The van der Waals surface area contributed by atoms with Crippen LogP contribution < -0.4 is 0 Å². The van der Waals surface area contributed by atoms with Crippen LogP contribution >= 0.6 is 0 Å². The third-order valence-electron chi connectivity index (χ3n) is 4.12. The van der Waals surface area contributed by atoms with Gasteiger partial charge in [0.15, 0.2) is 5.78 Å². The Morgan fingerprint density at radius 2 is 1.61 bits per heavy atom. The highest BCUT2D eigenvalue weighted by molar-refractivity contribution is 6.15. The van der Waals surface area contributed by atoms with Crippen molar-refractivity contribution in [2.24, 2.45) is 0 Å². The molecule has 1 heterocycles. The first-order valence-corrected chi connectivity index (χ1v) is 7.83. The Labute approximate surface area is 135 Å². The van der Waals surface area contributed by atoms with E-state index in [1.54, 1.807) is 53.4 Å². The van der Waals surface area contributed by atoms with Gasteiger partial charge < -0.3 is 10.0 Å². The maximum Gasteiger partial charge on any atom is 0.254 e. The summed E-state index contributed by atoms with van der Waals surface area (Å²) in [6.45, 7) is 0.941. The highest BCUT2D eigenvalue weighted by atomic mass is 16.3. The molecule has 1 unspecified atom stereocenters. The van der Waals surface area contributed by atoms with E-state index >= 15 is 0 Å². The summed E-state index contributed by atoms with van der Waals surface area (Å²) in [6.07, 6.45) is 1.01. The molecular weight excluding hydrogens is 290 g/mol. The molecule has 118 valence electrons. The summed E-state index contributed by atoms with van der Waals surface area (Å²) in [5.41, 5.74) is 1.37. The number of amides is 1. The Morgan fingerprint density at radius 1 is 0.957 bits per heavy atom. The van der Waals surface area contributed by atoms with E-state index in [-0.39, 0.29) is 11.7 Å². The molecule has 2 aromatic rings. The smallest absolute Gasteiger partial charge is 0.254 e. The molecule has 0 saturated carbocycles. The maximum absolute atomic E-state index is 12.8. The fourth-order valence-corrected chi connectivity index (χ4v) is 2.92. The number of piperidine rings is 1. The summed E-state index contributed by atoms with van der Waals surface area (Å²) in [4.78, 5) is 27.1. The Morgan fingerprint density at radius 3 is 2.30 bits per heavy atom. The van der Waals surface area contributed by atoms with E-state index in [9.17, 15) is 14.7 Å². The minimum absolute atomic E-state index is 0.160. The van der Waals surface area contributed by atoms with Crippen molar-refractivity contribution in [3.63, 3.8) is 0 Å². The summed E-state index contributed by atoms with van der Waals surface area (Å²) in [5.74, 6) is -0.351. The normalized spacial score (nSPS) is 17.8. The van der Waals surface area contributed by atoms with E-state index < -0.39 is 6.10 Å². The van der Waals surface area contributed by atoms with Crippen LogP contribution in [-0.4, -0.2) is 40.9 Å². The Balaban J connectivity index is 1.92. The van der Waals surface area contributed by atoms with Gasteiger partial charge >= 0.3 is 0 Å². The number of nitrogens with zero attached hydrogens (tertiary/aromatic N) is 1. The number of hydrogen-bond acceptors (Lipinski definition) is 3. The third kappa shape index (κ3) is 3.32. The van der Waals surface area contributed by atoms with E-state index in [1.807, 2.05) is 6.07 Å². The predicted octanol–water partition coefficient (Wildman–Crippen LogP) is 2.51. The zero-order valence-electron chi connectivity index (χ0n) is 12.8. The Kier molecular flexibility index (Phi) is 4.53. The molecule has 0 radical (unpaired) electrons. The Hall–Kier alpha value is -2.46. The summed E-state index contributed by atoms with van der Waals surface area (Å²) < 4.78 is 0. The predicted molar refractivity (Wildman–Crippen MR) is 87.5 cm³/mol. The molecular formula is C19H19NO3. The van der Waals surface area contributed by atoms with E-state index in [0.29, 0.717) is 36.2 Å². The number of β-amino-alcohol motifs (C(OH)–C–C–N with tert-alkyl or cyclic N) is 1. The molecule has 1 aliphatic heterocycles. The molecule has 3 rings (SSSR count). The average molecular weight is 309 g/mol. The van der Waals surface area contributed by atoms with Gasteiger partial charge in [0.25, 0.3) is 5.91 Å². The summed E-state index contributed by atoms with van der Waals surface area (Å²) in [6, 6.07) is 15.8. The zero-order valence-corrected chi connectivity index (χ0v) is 12.8. The standard InChI is InChI=1S/C19H19NO3/c21-15-9-6-12-20(13-15)19(23)17-11-5-4-10-16(17)18(22)14-7-2-1-3-8-14/h1-5,7-8,10-11,15,21H,6,9,12-13H2. The van der Waals surface area contributed by atoms with Gasteiger partial charge in [-0.25, -0.2) is 0 Å². The lowest BCUT2D eigenvalue weighted by Gasteiger charge is -2.30. The second-order valence-electron chi connectivity index (χ2n) is 5.79. The van der Waals surface area contributed by atoms with Crippen molar-refractivity contribution in [2.45, 2.75) is 18.9 Å². The second-order valence-corrected chi connectivity index (χ2v) is 5.79. The van der Waals surface area contributed by atoms with Crippen molar-refractivity contribution >= 4 is 11.7 Å². The second kappa shape index (κ2) is 6.75. The van der Waals surface area contributed by atoms with Gasteiger partial charge in [-0.3, -0.25) is 9.59 Å². The first-order chi connectivity index (χ1) is 11.2. The quantitative estimate of drug-likeness (QED) is 0.886. The molecule has 23 heavy (non-hydrogen) atoms. The van der Waals surface area contributed by atoms with E-state index in [2.05, 4.69) is 0 Å². The van der Waals surface area contributed by atoms with Gasteiger partial charge in [-0.05, 0) is 18.9 Å². The maximum atomic E-state index is 12.8. The van der Waals surface area contributed by atoms with Crippen LogP contribution in [0.25, 0.3) is 0 Å². The van der Waals surface area contributed by atoms with Crippen LogP contribution in [0.15, 0.2) is 54.6 Å². The highest BCUT2D eigenvalue weighted by Gasteiger charge is 2.26. The molecule has 1 fully saturated rings. The van der Waals surface area contributed by atoms with E-state index in [4.69, 9.17) is 0 Å². The molecule has 1 saturated heterocycles. The van der Waals surface area contributed by atoms with Crippen LogP contribution in [-0.2, 0) is 0 Å². The number of rotatable bonds is 3. The van der Waals surface area contributed by atoms with Gasteiger partial charge in [-0.1, -0.05) is 48.5 Å². The van der Waals surface area contributed by atoms with Gasteiger partial charge in [0.05, 0.1) is 11.7 Å². The first kappa shape index (κ1) is 15.4. The number of hydrogen-bond donors (Lipinski definition) is 1. The Bertz CT molecular complexity index is 712. The summed E-state index contributed by atoms with van der Waals surface area (Å²) in [5, 5.41) is 9.77. The fourth-order valence-electron chi connectivity index (χ4n) is 2.92. The minimum Gasteiger partial charge on any atom is -0.391 e. The van der Waals surface area contributed by atoms with E-state index in [1.165, 1.54) is 0 Å². The molecule has 1 N–H and O–H groups in total. The van der Waals surface area contributed by atoms with Gasteiger partial charge in [0.1, 0.15) is 0 Å². The molecule has 2 aromatic carbocycles. The molecule has 4 nitrogen and oxygen atoms in total. The van der Waals surface area contributed by atoms with Gasteiger partial charge in [-0.2, -0.15) is 0 Å². The van der Waals surface area contributed by atoms with Crippen molar-refractivity contribution in [2.75, 3.05) is 13.1 Å². The van der Waals surface area contributed by atoms with Crippen LogP contribution in [0.5, 0.6) is 0 Å². The first-order valence-electron chi connectivity index (χ1n) is 7.83. The van der Waals surface area contributed by atoms with Gasteiger partial charge in [0, 0.05) is 24.2 Å². The molecule has 0 aliphatic carbocycles. The monoisotopic (exact) mass is 309 g/mol. The molecule has 1 aliphatic rings. The number of carbonyl (C=O) groups excluding carboxylic acids is 2. The van der Waals surface area contributed by atoms with Crippen molar-refractivity contribution < 1.29 is 14.7 Å².